The highest BCUT2D eigenvalue weighted by Crippen LogP contribution is 2.54. The maximum atomic E-state index is 2.61. The fourth-order valence-electron chi connectivity index (χ4n) is 10.8. The van der Waals surface area contributed by atoms with Crippen LogP contribution in [0.5, 0.6) is 0 Å². The number of fused-ring (bicyclic) bond motifs is 6. The minimum atomic E-state index is -1.60. The SMILES string of the molecule is Cc1ccccc1-c1ccc2c(c1)N(c1ccc([Si](C)(C)C)cc1)c1cc(c3ccc4cc(C(C)(C)C)cc5ccc1c3c54)N(c1ccc(S(C)(C)C)cc1)c1cc(-c3ccccc3C)ccc1C2. The fourth-order valence-corrected chi connectivity index (χ4v) is 12.9. The van der Waals surface area contributed by atoms with E-state index in [1.165, 1.54) is 115 Å². The van der Waals surface area contributed by atoms with E-state index in [0.29, 0.717) is 0 Å². The smallest absolute Gasteiger partial charge is 0.0775 e. The Morgan fingerprint density at radius 2 is 0.928 bits per heavy atom. The minimum absolute atomic E-state index is 0.00539. The molecule has 4 heteroatoms. The van der Waals surface area contributed by atoms with Gasteiger partial charge in [-0.05, 0) is 164 Å². The van der Waals surface area contributed by atoms with Gasteiger partial charge in [0, 0.05) is 34.0 Å². The molecule has 0 unspecified atom stereocenters. The van der Waals surface area contributed by atoms with Crippen molar-refractivity contribution in [3.8, 4) is 22.3 Å². The van der Waals surface area contributed by atoms with Crippen molar-refractivity contribution in [2.45, 2.75) is 71.0 Å². The molecule has 0 amide bonds. The third-order valence-corrected chi connectivity index (χ3v) is 18.5. The first-order valence-corrected chi connectivity index (χ1v) is 30.9. The first-order chi connectivity index (χ1) is 32.9. The number of hydrogen-bond acceptors (Lipinski definition) is 2. The molecule has 0 aliphatic carbocycles. The monoisotopic (exact) mass is 932 g/mol. The molecule has 0 atom stereocenters. The molecule has 0 spiro atoms. The van der Waals surface area contributed by atoms with E-state index in [4.69, 9.17) is 0 Å². The van der Waals surface area contributed by atoms with Crippen LogP contribution in [0.4, 0.5) is 34.1 Å². The molecule has 344 valence electrons. The largest absolute Gasteiger partial charge is 0.309 e. The fraction of sp³-hybridized carbons (Fsp3) is 0.200. The number of rotatable bonds is 6. The van der Waals surface area contributed by atoms with E-state index in [-0.39, 0.29) is 5.41 Å². The third-order valence-electron chi connectivity index (χ3n) is 14.8. The maximum absolute atomic E-state index is 2.61. The molecule has 11 rings (SSSR count). The van der Waals surface area contributed by atoms with Gasteiger partial charge in [0.05, 0.1) is 30.8 Å². The number of benzene rings is 10. The molecular weight excluding hydrogens is 869 g/mol. The highest BCUT2D eigenvalue weighted by molar-refractivity contribution is 8.32. The summed E-state index contributed by atoms with van der Waals surface area (Å²) >= 11 is 0. The highest BCUT2D eigenvalue weighted by Gasteiger charge is 2.30. The van der Waals surface area contributed by atoms with E-state index < -0.39 is 18.1 Å². The first-order valence-electron chi connectivity index (χ1n) is 24.6. The van der Waals surface area contributed by atoms with Crippen LogP contribution in [0.1, 0.15) is 48.6 Å². The lowest BCUT2D eigenvalue weighted by molar-refractivity contribution is 0.591. The van der Waals surface area contributed by atoms with Crippen LogP contribution in [0.2, 0.25) is 19.6 Å². The van der Waals surface area contributed by atoms with E-state index in [9.17, 15) is 0 Å². The highest BCUT2D eigenvalue weighted by atomic mass is 32.3. The van der Waals surface area contributed by atoms with Gasteiger partial charge in [0.1, 0.15) is 0 Å². The van der Waals surface area contributed by atoms with Gasteiger partial charge in [-0.1, -0.05) is 167 Å². The summed E-state index contributed by atoms with van der Waals surface area (Å²) in [5.41, 5.74) is 18.5. The molecule has 10 aromatic rings. The lowest BCUT2D eigenvalue weighted by Crippen LogP contribution is -2.37. The van der Waals surface area contributed by atoms with Crippen LogP contribution in [0.3, 0.4) is 0 Å². The van der Waals surface area contributed by atoms with Gasteiger partial charge in [-0.3, -0.25) is 0 Å². The van der Waals surface area contributed by atoms with Crippen LogP contribution in [0.25, 0.3) is 54.6 Å². The summed E-state index contributed by atoms with van der Waals surface area (Å²) in [4.78, 5) is 6.62. The Morgan fingerprint density at radius 3 is 1.36 bits per heavy atom. The van der Waals surface area contributed by atoms with Gasteiger partial charge in [-0.2, -0.15) is 0 Å². The van der Waals surface area contributed by atoms with Crippen molar-refractivity contribution in [3.05, 3.63) is 204 Å². The molecule has 1 aliphatic heterocycles. The zero-order chi connectivity index (χ0) is 48.1. The van der Waals surface area contributed by atoms with E-state index in [0.717, 1.165) is 17.8 Å². The number of anilines is 6. The van der Waals surface area contributed by atoms with Gasteiger partial charge in [-0.15, -0.1) is 0 Å². The normalized spacial score (nSPS) is 13.6. The molecule has 0 N–H and O–H groups in total. The van der Waals surface area contributed by atoms with Crippen LogP contribution >= 0.6 is 10.0 Å². The molecule has 69 heavy (non-hydrogen) atoms. The Bertz CT molecular complexity index is 3380. The molecule has 0 saturated heterocycles. The Morgan fingerprint density at radius 1 is 0.464 bits per heavy atom. The number of nitrogens with zero attached hydrogens (tertiary/aromatic N) is 2. The lowest BCUT2D eigenvalue weighted by Gasteiger charge is -2.36. The summed E-state index contributed by atoms with van der Waals surface area (Å²) in [5, 5.41) is 9.14. The summed E-state index contributed by atoms with van der Waals surface area (Å²) in [6.07, 6.45) is 7.91. The van der Waals surface area contributed by atoms with E-state index in [2.05, 4.69) is 259 Å². The molecule has 1 aliphatic rings. The number of aryl methyl sites for hydroxylation is 2. The second-order valence-electron chi connectivity index (χ2n) is 22.4. The van der Waals surface area contributed by atoms with Crippen molar-refractivity contribution in [1.29, 1.82) is 0 Å². The molecular formula is C65H64N2SSi. The van der Waals surface area contributed by atoms with Crippen molar-refractivity contribution in [3.63, 3.8) is 0 Å². The molecule has 2 bridgehead atoms. The zero-order valence-corrected chi connectivity index (χ0v) is 44.1. The van der Waals surface area contributed by atoms with Gasteiger partial charge in [0.25, 0.3) is 0 Å². The van der Waals surface area contributed by atoms with Crippen molar-refractivity contribution >= 4 is 89.7 Å². The van der Waals surface area contributed by atoms with Crippen LogP contribution in [0, 0.1) is 13.8 Å². The Labute approximate surface area is 412 Å². The van der Waals surface area contributed by atoms with Crippen LogP contribution in [-0.2, 0) is 11.8 Å². The van der Waals surface area contributed by atoms with Gasteiger partial charge in [0.2, 0.25) is 0 Å². The van der Waals surface area contributed by atoms with Gasteiger partial charge >= 0.3 is 0 Å². The maximum Gasteiger partial charge on any atom is 0.0775 e. The molecule has 0 saturated carbocycles. The number of hydrogen-bond donors (Lipinski definition) is 0. The quantitative estimate of drug-likeness (QED) is 0.121. The van der Waals surface area contributed by atoms with Crippen molar-refractivity contribution in [2.24, 2.45) is 0 Å². The van der Waals surface area contributed by atoms with E-state index >= 15 is 0 Å². The lowest BCUT2D eigenvalue weighted by atomic mass is 9.83. The van der Waals surface area contributed by atoms with Crippen molar-refractivity contribution in [1.82, 2.24) is 0 Å². The second-order valence-corrected chi connectivity index (χ2v) is 31.6. The average Bonchev–Trinajstić information content (AvgIpc) is 3.32. The molecule has 0 radical (unpaired) electrons. The standard InChI is InChI=1S/C65H64N2SSi/c1-42-16-12-14-18-55(42)44-20-22-46-36-47-23-21-45(56-19-15-13-17-43(56)2)40-60(47)67(52-28-32-54(33-29-52)69(9,10)11)62-41-61(66(59(46)39-44)51-26-30-53(31-27-51)68(6,7)8)57-34-24-48-37-50(65(3,4)5)38-49-25-35-58(62)64(57)63(48)49/h12-35,37-41H,36H2,1-11H3. The summed E-state index contributed by atoms with van der Waals surface area (Å²) in [7, 11) is -2.55. The predicted octanol–water partition coefficient (Wildman–Crippen LogP) is 18.3. The minimum Gasteiger partial charge on any atom is -0.309 e. The molecule has 0 fully saturated rings. The van der Waals surface area contributed by atoms with E-state index in [1.807, 2.05) is 0 Å². The summed E-state index contributed by atoms with van der Waals surface area (Å²) < 4.78 is 0. The molecule has 10 aromatic carbocycles. The Balaban J connectivity index is 1.32. The van der Waals surface area contributed by atoms with E-state index in [1.54, 1.807) is 0 Å². The second kappa shape index (κ2) is 16.5. The van der Waals surface area contributed by atoms with Crippen LogP contribution < -0.4 is 15.0 Å². The van der Waals surface area contributed by atoms with Gasteiger partial charge in [-0.25, -0.2) is 10.0 Å². The van der Waals surface area contributed by atoms with Gasteiger partial charge in [0.15, 0.2) is 0 Å². The average molecular weight is 933 g/mol. The summed E-state index contributed by atoms with van der Waals surface area (Å²) in [6, 6.07) is 68.3. The molecule has 0 aromatic heterocycles. The summed E-state index contributed by atoms with van der Waals surface area (Å²) in [5.74, 6) is 0. The molecule has 2 nitrogen and oxygen atoms in total. The molecule has 1 heterocycles. The van der Waals surface area contributed by atoms with Crippen molar-refractivity contribution < 1.29 is 0 Å². The summed E-state index contributed by atoms with van der Waals surface area (Å²) in [6.45, 7) is 18.8. The van der Waals surface area contributed by atoms with Crippen LogP contribution in [0.15, 0.2) is 181 Å². The zero-order valence-electron chi connectivity index (χ0n) is 42.3. The van der Waals surface area contributed by atoms with Gasteiger partial charge < -0.3 is 9.80 Å². The topological polar surface area (TPSA) is 6.48 Å². The Hall–Kier alpha value is -6.59. The van der Waals surface area contributed by atoms with Crippen molar-refractivity contribution in [2.75, 3.05) is 28.6 Å². The van der Waals surface area contributed by atoms with Crippen LogP contribution in [-0.4, -0.2) is 26.8 Å². The first kappa shape index (κ1) is 44.9. The Kier molecular flexibility index (Phi) is 10.8. The third kappa shape index (κ3) is 7.92. The predicted molar refractivity (Wildman–Crippen MR) is 308 cm³/mol.